The van der Waals surface area contributed by atoms with Gasteiger partial charge < -0.3 is 15.4 Å². The lowest BCUT2D eigenvalue weighted by molar-refractivity contribution is -0.121. The number of piperidine rings is 1. The fraction of sp³-hybridized carbons (Fsp3) is 0.364. The largest absolute Gasteiger partial charge is 0.482 e. The second kappa shape index (κ2) is 9.09. The molecule has 2 N–H and O–H groups in total. The van der Waals surface area contributed by atoms with Gasteiger partial charge in [0.05, 0.1) is 16.6 Å². The van der Waals surface area contributed by atoms with Crippen molar-refractivity contribution < 1.29 is 22.7 Å². The molecule has 2 aromatic rings. The van der Waals surface area contributed by atoms with Crippen molar-refractivity contribution in [2.45, 2.75) is 31.1 Å². The molecular formula is C22H24ClN3O5S. The van der Waals surface area contributed by atoms with Crippen LogP contribution in [0.1, 0.15) is 25.3 Å². The summed E-state index contributed by atoms with van der Waals surface area (Å²) in [7, 11) is -3.96. The van der Waals surface area contributed by atoms with Crippen LogP contribution < -0.4 is 15.4 Å². The zero-order valence-electron chi connectivity index (χ0n) is 17.6. The molecule has 2 heterocycles. The normalized spacial score (nSPS) is 18.9. The number of hydrogen-bond acceptors (Lipinski definition) is 5. The van der Waals surface area contributed by atoms with Crippen molar-refractivity contribution in [3.63, 3.8) is 0 Å². The number of benzene rings is 2. The number of aryl methyl sites for hydroxylation is 1. The number of carbonyl (C=O) groups is 2. The number of hydrogen-bond donors (Lipinski definition) is 2. The second-order valence-electron chi connectivity index (χ2n) is 7.82. The van der Waals surface area contributed by atoms with E-state index in [1.165, 1.54) is 16.4 Å². The van der Waals surface area contributed by atoms with Crippen LogP contribution in [-0.4, -0.2) is 44.2 Å². The van der Waals surface area contributed by atoms with E-state index in [-0.39, 0.29) is 40.6 Å². The van der Waals surface area contributed by atoms with Gasteiger partial charge in [-0.2, -0.15) is 4.31 Å². The van der Waals surface area contributed by atoms with E-state index >= 15 is 0 Å². The third-order valence-electron chi connectivity index (χ3n) is 5.70. The number of amides is 2. The van der Waals surface area contributed by atoms with Crippen LogP contribution in [-0.2, 0) is 26.0 Å². The van der Waals surface area contributed by atoms with Crippen molar-refractivity contribution in [3.05, 3.63) is 47.0 Å². The van der Waals surface area contributed by atoms with Gasteiger partial charge in [0, 0.05) is 24.8 Å². The lowest BCUT2D eigenvalue weighted by atomic mass is 9.98. The smallest absolute Gasteiger partial charge is 0.262 e. The van der Waals surface area contributed by atoms with Crippen LogP contribution in [0, 0.1) is 5.92 Å². The summed E-state index contributed by atoms with van der Waals surface area (Å²) in [6, 6.07) is 10.3. The predicted octanol–water partition coefficient (Wildman–Crippen LogP) is 3.27. The molecule has 0 aliphatic carbocycles. The van der Waals surface area contributed by atoms with Gasteiger partial charge in [-0.15, -0.1) is 0 Å². The summed E-state index contributed by atoms with van der Waals surface area (Å²) in [5.74, 6) is -0.766. The minimum atomic E-state index is -3.96. The zero-order chi connectivity index (χ0) is 22.9. The molecule has 4 rings (SSSR count). The molecule has 1 atom stereocenters. The monoisotopic (exact) mass is 477 g/mol. The number of halogens is 1. The van der Waals surface area contributed by atoms with E-state index in [2.05, 4.69) is 10.6 Å². The first-order valence-corrected chi connectivity index (χ1v) is 12.3. The summed E-state index contributed by atoms with van der Waals surface area (Å²) in [5, 5.41) is 5.54. The summed E-state index contributed by atoms with van der Waals surface area (Å²) >= 11 is 6.26. The molecule has 10 heteroatoms. The number of anilines is 2. The number of carbonyl (C=O) groups excluding carboxylic acids is 2. The van der Waals surface area contributed by atoms with Crippen molar-refractivity contribution in [2.24, 2.45) is 5.92 Å². The van der Waals surface area contributed by atoms with E-state index < -0.39 is 15.9 Å². The molecule has 0 radical (unpaired) electrons. The third-order valence-corrected chi connectivity index (χ3v) is 8.03. The molecular weight excluding hydrogens is 454 g/mol. The number of nitrogens with zero attached hydrogens (tertiary/aromatic N) is 1. The maximum Gasteiger partial charge on any atom is 0.262 e. The Kier molecular flexibility index (Phi) is 6.41. The van der Waals surface area contributed by atoms with Crippen molar-refractivity contribution in [3.8, 4) is 5.75 Å². The minimum absolute atomic E-state index is 0.0157. The zero-order valence-corrected chi connectivity index (χ0v) is 19.1. The maximum atomic E-state index is 13.4. The van der Waals surface area contributed by atoms with E-state index in [0.717, 1.165) is 17.7 Å². The first-order chi connectivity index (χ1) is 15.3. The molecule has 2 amide bonds. The highest BCUT2D eigenvalue weighted by Gasteiger charge is 2.35. The number of rotatable bonds is 5. The number of sulfonamides is 1. The molecule has 0 unspecified atom stereocenters. The Hall–Kier alpha value is -2.62. The fourth-order valence-electron chi connectivity index (χ4n) is 3.98. The summed E-state index contributed by atoms with van der Waals surface area (Å²) in [6.07, 6.45) is 1.93. The van der Waals surface area contributed by atoms with E-state index in [4.69, 9.17) is 16.3 Å². The third kappa shape index (κ3) is 4.46. The molecule has 170 valence electrons. The average Bonchev–Trinajstić information content (AvgIpc) is 2.78. The number of fused-ring (bicyclic) bond motifs is 1. The van der Waals surface area contributed by atoms with Crippen molar-refractivity contribution >= 4 is 44.8 Å². The van der Waals surface area contributed by atoms with E-state index in [9.17, 15) is 18.0 Å². The highest BCUT2D eigenvalue weighted by Crippen LogP contribution is 2.37. The number of nitrogens with one attached hydrogen (secondary N) is 2. The van der Waals surface area contributed by atoms with Crippen LogP contribution in [0.5, 0.6) is 5.75 Å². The second-order valence-corrected chi connectivity index (χ2v) is 10.1. The molecule has 2 aliphatic rings. The Labute approximate surface area is 191 Å². The summed E-state index contributed by atoms with van der Waals surface area (Å²) < 4.78 is 33.3. The van der Waals surface area contributed by atoms with Crippen LogP contribution in [0.25, 0.3) is 0 Å². The van der Waals surface area contributed by atoms with Gasteiger partial charge in [0.25, 0.3) is 5.91 Å². The van der Waals surface area contributed by atoms with Gasteiger partial charge in [-0.05, 0) is 37.0 Å². The van der Waals surface area contributed by atoms with Crippen LogP contribution in [0.2, 0.25) is 5.02 Å². The first kappa shape index (κ1) is 22.6. The van der Waals surface area contributed by atoms with Crippen molar-refractivity contribution in [1.29, 1.82) is 0 Å². The Balaban J connectivity index is 1.54. The predicted molar refractivity (Wildman–Crippen MR) is 122 cm³/mol. The summed E-state index contributed by atoms with van der Waals surface area (Å²) in [5.41, 5.74) is 2.10. The van der Waals surface area contributed by atoms with Crippen LogP contribution >= 0.6 is 11.6 Å². The molecule has 32 heavy (non-hydrogen) atoms. The average molecular weight is 478 g/mol. The molecule has 8 nitrogen and oxygen atoms in total. The lowest BCUT2D eigenvalue weighted by Gasteiger charge is -2.32. The molecule has 0 aromatic heterocycles. The van der Waals surface area contributed by atoms with Gasteiger partial charge >= 0.3 is 0 Å². The molecule has 0 spiro atoms. The van der Waals surface area contributed by atoms with Gasteiger partial charge in [-0.3, -0.25) is 9.59 Å². The molecule has 2 aliphatic heterocycles. The maximum absolute atomic E-state index is 13.4. The SMILES string of the molecule is CCc1ccccc1NC(=O)[C@@H]1CCCN(S(=O)(=O)c2cc3c(cc2Cl)NC(=O)CO3)C1. The lowest BCUT2D eigenvalue weighted by Crippen LogP contribution is -2.43. The van der Waals surface area contributed by atoms with Crippen molar-refractivity contribution in [2.75, 3.05) is 30.3 Å². The molecule has 0 bridgehead atoms. The van der Waals surface area contributed by atoms with Crippen LogP contribution in [0.3, 0.4) is 0 Å². The quantitative estimate of drug-likeness (QED) is 0.687. The molecule has 2 aromatic carbocycles. The molecule has 0 saturated carbocycles. The van der Waals surface area contributed by atoms with Gasteiger partial charge in [-0.1, -0.05) is 36.7 Å². The minimum Gasteiger partial charge on any atom is -0.482 e. The van der Waals surface area contributed by atoms with Gasteiger partial charge in [0.1, 0.15) is 10.6 Å². The Bertz CT molecular complexity index is 1170. The van der Waals surface area contributed by atoms with E-state index in [1.807, 2.05) is 31.2 Å². The fourth-order valence-corrected chi connectivity index (χ4v) is 6.02. The van der Waals surface area contributed by atoms with Crippen molar-refractivity contribution in [1.82, 2.24) is 4.31 Å². The van der Waals surface area contributed by atoms with Crippen LogP contribution in [0.15, 0.2) is 41.3 Å². The molecule has 1 fully saturated rings. The first-order valence-electron chi connectivity index (χ1n) is 10.4. The number of ether oxygens (including phenoxy) is 1. The van der Waals surface area contributed by atoms with Crippen LogP contribution in [0.4, 0.5) is 11.4 Å². The van der Waals surface area contributed by atoms with Gasteiger partial charge in [0.15, 0.2) is 6.61 Å². The summed E-state index contributed by atoms with van der Waals surface area (Å²) in [6.45, 7) is 2.17. The standard InChI is InChI=1S/C22H24ClN3O5S/c1-2-14-6-3-4-8-17(14)25-22(28)15-7-5-9-26(12-15)32(29,30)20-11-19-18(10-16(20)23)24-21(27)13-31-19/h3-4,6,8,10-11,15H,2,5,7,9,12-13H2,1H3,(H,24,27)(H,25,28)/t15-/m1/s1. The highest BCUT2D eigenvalue weighted by molar-refractivity contribution is 7.89. The Morgan fingerprint density at radius 2 is 2.09 bits per heavy atom. The Morgan fingerprint density at radius 1 is 1.31 bits per heavy atom. The van der Waals surface area contributed by atoms with E-state index in [0.29, 0.717) is 25.1 Å². The summed E-state index contributed by atoms with van der Waals surface area (Å²) in [4.78, 5) is 24.3. The highest BCUT2D eigenvalue weighted by atomic mass is 35.5. The van der Waals surface area contributed by atoms with Gasteiger partial charge in [0.2, 0.25) is 15.9 Å². The molecule has 1 saturated heterocycles. The number of para-hydroxylation sites is 1. The topological polar surface area (TPSA) is 105 Å². The Morgan fingerprint density at radius 3 is 2.88 bits per heavy atom. The van der Waals surface area contributed by atoms with E-state index in [1.54, 1.807) is 0 Å². The van der Waals surface area contributed by atoms with Gasteiger partial charge in [-0.25, -0.2) is 8.42 Å².